The zero-order valence-corrected chi connectivity index (χ0v) is 20.0. The Morgan fingerprint density at radius 2 is 1.69 bits per heavy atom. The molecule has 0 saturated carbocycles. The molecule has 0 spiro atoms. The molecule has 1 N–H and O–H groups in total. The molecule has 194 valence electrons. The van der Waals surface area contributed by atoms with Crippen LogP contribution >= 0.6 is 0 Å². The van der Waals surface area contributed by atoms with Crippen LogP contribution in [0.1, 0.15) is 42.5 Å². The number of halogens is 6. The summed E-state index contributed by atoms with van der Waals surface area (Å²) in [7, 11) is 0. The summed E-state index contributed by atoms with van der Waals surface area (Å²) in [5, 5.41) is 2.24. The van der Waals surface area contributed by atoms with Crippen molar-refractivity contribution in [3.05, 3.63) is 71.3 Å². The Bertz CT molecular complexity index is 1150. The molecule has 1 saturated heterocycles. The van der Waals surface area contributed by atoms with Gasteiger partial charge in [-0.05, 0) is 48.6 Å². The monoisotopic (exact) mass is 512 g/mol. The SMILES string of the molecule is C=CCc1cccc(C)c1N1CC(C(=O)Nc2cc(C(F)(F)F)cc(C(F)(F)F)c2)(C(C)C)CC1=O. The standard InChI is InChI=1S/C26H26F6N2O2/c1-5-7-17-9-6-8-16(4)22(17)34-14-24(15(2)3,13-21(34)35)23(36)33-20-11-18(25(27,28)29)10-19(12-20)26(30,31)32/h5-6,8-12,15H,1,7,13-14H2,2-4H3,(H,33,36). The molecule has 0 radical (unpaired) electrons. The second-order valence-corrected chi connectivity index (χ2v) is 9.29. The summed E-state index contributed by atoms with van der Waals surface area (Å²) in [6, 6.07) is 6.37. The minimum Gasteiger partial charge on any atom is -0.326 e. The Morgan fingerprint density at radius 1 is 1.11 bits per heavy atom. The van der Waals surface area contributed by atoms with Gasteiger partial charge in [-0.1, -0.05) is 38.1 Å². The molecule has 0 aliphatic carbocycles. The van der Waals surface area contributed by atoms with Crippen LogP contribution < -0.4 is 10.2 Å². The molecule has 4 nitrogen and oxygen atoms in total. The Morgan fingerprint density at radius 3 is 2.19 bits per heavy atom. The maximum absolute atomic E-state index is 13.4. The molecule has 1 aliphatic rings. The number of hydrogen-bond acceptors (Lipinski definition) is 2. The second kappa shape index (κ2) is 9.63. The lowest BCUT2D eigenvalue weighted by Gasteiger charge is -2.32. The average Bonchev–Trinajstić information content (AvgIpc) is 3.11. The highest BCUT2D eigenvalue weighted by atomic mass is 19.4. The first-order valence-electron chi connectivity index (χ1n) is 11.2. The van der Waals surface area contributed by atoms with Crippen molar-refractivity contribution in [3.8, 4) is 0 Å². The molecule has 2 aromatic carbocycles. The Kier molecular flexibility index (Phi) is 7.30. The maximum Gasteiger partial charge on any atom is 0.416 e. The number of anilines is 2. The van der Waals surface area contributed by atoms with E-state index in [1.807, 2.05) is 25.1 Å². The fraction of sp³-hybridized carbons (Fsp3) is 0.385. The fourth-order valence-corrected chi connectivity index (χ4v) is 4.51. The summed E-state index contributed by atoms with van der Waals surface area (Å²) < 4.78 is 79.6. The summed E-state index contributed by atoms with van der Waals surface area (Å²) in [5.41, 5.74) is -2.88. The van der Waals surface area contributed by atoms with Gasteiger partial charge >= 0.3 is 12.4 Å². The van der Waals surface area contributed by atoms with Gasteiger partial charge in [0.1, 0.15) is 0 Å². The number of rotatable bonds is 6. The van der Waals surface area contributed by atoms with Crippen LogP contribution in [0.15, 0.2) is 49.1 Å². The van der Waals surface area contributed by atoms with Crippen LogP contribution in [0.5, 0.6) is 0 Å². The number of benzene rings is 2. The van der Waals surface area contributed by atoms with Crippen LogP contribution in [-0.4, -0.2) is 18.4 Å². The smallest absolute Gasteiger partial charge is 0.326 e. The lowest BCUT2D eigenvalue weighted by atomic mass is 9.75. The van der Waals surface area contributed by atoms with Crippen LogP contribution in [0.3, 0.4) is 0 Å². The van der Waals surface area contributed by atoms with Gasteiger partial charge in [0.05, 0.1) is 22.2 Å². The van der Waals surface area contributed by atoms with E-state index >= 15 is 0 Å². The van der Waals surface area contributed by atoms with E-state index in [-0.39, 0.29) is 24.9 Å². The number of para-hydroxylation sites is 1. The van der Waals surface area contributed by atoms with Crippen LogP contribution in [0, 0.1) is 18.3 Å². The summed E-state index contributed by atoms with van der Waals surface area (Å²) >= 11 is 0. The highest BCUT2D eigenvalue weighted by molar-refractivity contribution is 6.06. The van der Waals surface area contributed by atoms with Crippen LogP contribution in [0.25, 0.3) is 0 Å². The second-order valence-electron chi connectivity index (χ2n) is 9.29. The van der Waals surface area contributed by atoms with Gasteiger partial charge in [0.2, 0.25) is 11.8 Å². The third-order valence-corrected chi connectivity index (χ3v) is 6.57. The van der Waals surface area contributed by atoms with Crippen LogP contribution in [0.4, 0.5) is 37.7 Å². The first-order valence-corrected chi connectivity index (χ1v) is 11.2. The highest BCUT2D eigenvalue weighted by Gasteiger charge is 2.52. The lowest BCUT2D eigenvalue weighted by molar-refractivity contribution is -0.143. The summed E-state index contributed by atoms with van der Waals surface area (Å²) in [6.07, 6.45) is -8.21. The quantitative estimate of drug-likeness (QED) is 0.343. The maximum atomic E-state index is 13.4. The molecule has 2 amide bonds. The minimum atomic E-state index is -5.05. The molecule has 1 aliphatic heterocycles. The van der Waals surface area contributed by atoms with E-state index in [0.29, 0.717) is 24.2 Å². The van der Waals surface area contributed by atoms with E-state index in [4.69, 9.17) is 0 Å². The lowest BCUT2D eigenvalue weighted by Crippen LogP contribution is -2.43. The number of hydrogen-bond donors (Lipinski definition) is 1. The predicted molar refractivity (Wildman–Crippen MR) is 124 cm³/mol. The van der Waals surface area contributed by atoms with Gasteiger partial charge in [-0.2, -0.15) is 26.3 Å². The van der Waals surface area contributed by atoms with Crippen molar-refractivity contribution in [1.82, 2.24) is 0 Å². The van der Waals surface area contributed by atoms with Crippen molar-refractivity contribution in [3.63, 3.8) is 0 Å². The highest BCUT2D eigenvalue weighted by Crippen LogP contribution is 2.44. The minimum absolute atomic E-state index is 0.00594. The number of alkyl halides is 6. The number of carbonyl (C=O) groups is 2. The van der Waals surface area contributed by atoms with Crippen LogP contribution in [-0.2, 0) is 28.4 Å². The Balaban J connectivity index is 2.02. The Labute approximate surface area is 205 Å². The molecule has 1 fully saturated rings. The van der Waals surface area contributed by atoms with Crippen molar-refractivity contribution < 1.29 is 35.9 Å². The number of aryl methyl sites for hydroxylation is 1. The van der Waals surface area contributed by atoms with E-state index in [1.54, 1.807) is 19.9 Å². The fourth-order valence-electron chi connectivity index (χ4n) is 4.51. The largest absolute Gasteiger partial charge is 0.416 e. The van der Waals surface area contributed by atoms with E-state index in [2.05, 4.69) is 11.9 Å². The molecule has 36 heavy (non-hydrogen) atoms. The molecule has 0 bridgehead atoms. The van der Waals surface area contributed by atoms with Crippen LogP contribution in [0.2, 0.25) is 0 Å². The number of carbonyl (C=O) groups excluding carboxylic acids is 2. The number of amides is 2. The van der Waals surface area contributed by atoms with Crippen molar-refractivity contribution >= 4 is 23.2 Å². The molecule has 0 aromatic heterocycles. The van der Waals surface area contributed by atoms with Crippen molar-refractivity contribution in [2.24, 2.45) is 11.3 Å². The number of nitrogens with zero attached hydrogens (tertiary/aromatic N) is 1. The molecule has 2 aromatic rings. The first-order chi connectivity index (χ1) is 16.6. The van der Waals surface area contributed by atoms with E-state index in [1.165, 1.54) is 4.90 Å². The van der Waals surface area contributed by atoms with E-state index < -0.39 is 46.4 Å². The van der Waals surface area contributed by atoms with Gasteiger partial charge in [-0.25, -0.2) is 0 Å². The molecule has 3 rings (SSSR count). The normalized spacial score (nSPS) is 18.6. The molecule has 1 atom stereocenters. The van der Waals surface area contributed by atoms with E-state index in [9.17, 15) is 35.9 Å². The number of allylic oxidation sites excluding steroid dienone is 1. The zero-order chi connectivity index (χ0) is 27.1. The molecule has 1 unspecified atom stereocenters. The van der Waals surface area contributed by atoms with E-state index in [0.717, 1.165) is 11.1 Å². The summed E-state index contributed by atoms with van der Waals surface area (Å²) in [5.74, 6) is -1.63. The van der Waals surface area contributed by atoms with Gasteiger partial charge in [-0.15, -0.1) is 6.58 Å². The summed E-state index contributed by atoms with van der Waals surface area (Å²) in [4.78, 5) is 28.1. The van der Waals surface area contributed by atoms with Crippen molar-refractivity contribution in [2.75, 3.05) is 16.8 Å². The third kappa shape index (κ3) is 5.27. The van der Waals surface area contributed by atoms with Gasteiger partial charge in [0.15, 0.2) is 0 Å². The summed E-state index contributed by atoms with van der Waals surface area (Å²) in [6.45, 7) is 8.84. The predicted octanol–water partition coefficient (Wildman–Crippen LogP) is 6.78. The van der Waals surface area contributed by atoms with Gasteiger partial charge in [0.25, 0.3) is 0 Å². The molecule has 1 heterocycles. The third-order valence-electron chi connectivity index (χ3n) is 6.57. The average molecular weight is 512 g/mol. The first kappa shape index (κ1) is 27.3. The topological polar surface area (TPSA) is 49.4 Å². The van der Waals surface area contributed by atoms with Gasteiger partial charge < -0.3 is 10.2 Å². The molecule has 10 heteroatoms. The van der Waals surface area contributed by atoms with Crippen molar-refractivity contribution in [2.45, 2.75) is 46.0 Å². The molecular formula is C26H26F6N2O2. The zero-order valence-electron chi connectivity index (χ0n) is 20.0. The Hall–Kier alpha value is -3.30. The van der Waals surface area contributed by atoms with Crippen molar-refractivity contribution in [1.29, 1.82) is 0 Å². The molecular weight excluding hydrogens is 486 g/mol. The van der Waals surface area contributed by atoms with Gasteiger partial charge in [-0.3, -0.25) is 9.59 Å². The van der Waals surface area contributed by atoms with Gasteiger partial charge in [0, 0.05) is 18.7 Å². The number of nitrogens with one attached hydrogen (secondary N) is 1.